The molecule has 0 aromatic carbocycles. The number of epoxide rings is 1. The van der Waals surface area contributed by atoms with Crippen LogP contribution in [0.5, 0.6) is 0 Å². The van der Waals surface area contributed by atoms with Crippen molar-refractivity contribution < 1.29 is 165 Å². The average molecular weight is 1280 g/mol. The van der Waals surface area contributed by atoms with Crippen LogP contribution in [-0.2, 0) is 66.7 Å². The van der Waals surface area contributed by atoms with Gasteiger partial charge >= 0.3 is 29.6 Å². The van der Waals surface area contributed by atoms with E-state index < -0.39 is 200 Å². The molecule has 10 aliphatic rings. The topological polar surface area (TPSA) is 434 Å². The van der Waals surface area contributed by atoms with Gasteiger partial charge in [0.15, 0.2) is 31.5 Å². The van der Waals surface area contributed by atoms with Crippen molar-refractivity contribution in [3.63, 3.8) is 0 Å². The molecule has 6 saturated heterocycles. The van der Waals surface area contributed by atoms with Crippen molar-refractivity contribution in [1.82, 2.24) is 0 Å². The Morgan fingerprint density at radius 3 is 1.76 bits per heavy atom. The van der Waals surface area contributed by atoms with E-state index in [0.29, 0.717) is 25.2 Å². The van der Waals surface area contributed by atoms with Crippen molar-refractivity contribution in [3.05, 3.63) is 11.6 Å². The van der Waals surface area contributed by atoms with Gasteiger partial charge in [0.2, 0.25) is 10.4 Å². The first-order chi connectivity index (χ1) is 40.2. The van der Waals surface area contributed by atoms with E-state index in [9.17, 15) is 79.4 Å². The molecule has 10 rings (SSSR count). The van der Waals surface area contributed by atoms with Crippen LogP contribution in [0, 0.1) is 46.3 Å². The molecule has 0 aromatic heterocycles. The summed E-state index contributed by atoms with van der Waals surface area (Å²) in [6, 6.07) is 0. The van der Waals surface area contributed by atoms with Crippen molar-refractivity contribution >= 4 is 10.4 Å². The standard InChI is InChI=1S/C57H94O28S.Na/c1-20(2)21(3)45-49(81-45)57(9,70)33-11-10-27-26-17-30(29-16-25(85-86(71,72)73)12-14-55(29,7)28(26)13-15-56(27,33)8)78-52-44(69)46(36(61)24(6)77-52)82-53-47(83-50-42(67)39(64)34(59)22(4)75-50)38(63)32(19-74-53)80-54-48(41(66)37(62)31(18-58)79-54)84-51-43(68)40(65)35(60)23(5)76-51;/h13,20-27,29-54,58-70H,10-12,14-19H2,1-9H3,(H,71,72,73);/q;+1/p-1/t21?,22?,23?,24?,25?,26?,27?,29?,30?,31?,32-,33+,34-,35-,36-,37+,38?,39?,40?,41?,42?,43?,44?,45?,46?,47?,48?,49?,50+,51+,52+,53+,54+,55-,56+,57?;/m1./s1. The second-order valence-corrected chi connectivity index (χ2v) is 28.3. The molecule has 3 saturated carbocycles. The predicted octanol–water partition coefficient (Wildman–Crippen LogP) is -5.96. The van der Waals surface area contributed by atoms with Gasteiger partial charge in [-0.1, -0.05) is 46.3 Å². The number of aliphatic hydroxyl groups is 13. The molecule has 0 amide bonds. The smallest absolute Gasteiger partial charge is 0.726 e. The quantitative estimate of drug-likeness (QED) is 0.0212. The molecule has 23 unspecified atom stereocenters. The zero-order valence-corrected chi connectivity index (χ0v) is 53.7. The third kappa shape index (κ3) is 13.5. The predicted molar refractivity (Wildman–Crippen MR) is 287 cm³/mol. The molecule has 28 nitrogen and oxygen atoms in total. The minimum absolute atomic E-state index is 0. The van der Waals surface area contributed by atoms with Gasteiger partial charge in [0.25, 0.3) is 0 Å². The second kappa shape index (κ2) is 27.0. The summed E-state index contributed by atoms with van der Waals surface area (Å²) in [5.41, 5.74) is -0.982. The van der Waals surface area contributed by atoms with Crippen LogP contribution in [0.25, 0.3) is 0 Å². The van der Waals surface area contributed by atoms with Crippen LogP contribution in [0.2, 0.25) is 0 Å². The first-order valence-corrected chi connectivity index (χ1v) is 31.9. The van der Waals surface area contributed by atoms with Gasteiger partial charge in [-0.2, -0.15) is 0 Å². The molecule has 4 aliphatic carbocycles. The maximum absolute atomic E-state index is 12.5. The van der Waals surface area contributed by atoms with E-state index >= 15 is 0 Å². The molecular weight excluding hydrogens is 1190 g/mol. The monoisotopic (exact) mass is 1280 g/mol. The Kier molecular flexibility index (Phi) is 22.1. The van der Waals surface area contributed by atoms with E-state index in [1.54, 1.807) is 0 Å². The van der Waals surface area contributed by atoms with Gasteiger partial charge in [-0.05, 0) is 119 Å². The van der Waals surface area contributed by atoms with Gasteiger partial charge in [-0.15, -0.1) is 0 Å². The average Bonchev–Trinajstić information content (AvgIpc) is 1.66. The van der Waals surface area contributed by atoms with Gasteiger partial charge in [-0.25, -0.2) is 8.42 Å². The van der Waals surface area contributed by atoms with Crippen LogP contribution in [0.3, 0.4) is 0 Å². The Balaban J connectivity index is 0.00000902. The van der Waals surface area contributed by atoms with Crippen LogP contribution >= 0.6 is 0 Å². The summed E-state index contributed by atoms with van der Waals surface area (Å²) in [5, 5.41) is 146. The number of rotatable bonds is 17. The molecule has 30 heteroatoms. The van der Waals surface area contributed by atoms with E-state index in [1.807, 2.05) is 6.92 Å². The number of hydrogen-bond acceptors (Lipinski definition) is 28. The second-order valence-electron chi connectivity index (χ2n) is 27.3. The molecule has 0 radical (unpaired) electrons. The molecule has 0 spiro atoms. The molecule has 0 bridgehead atoms. The molecule has 13 N–H and O–H groups in total. The van der Waals surface area contributed by atoms with Crippen molar-refractivity contribution in [3.8, 4) is 0 Å². The van der Waals surface area contributed by atoms with Gasteiger partial charge in [0.1, 0.15) is 104 Å². The van der Waals surface area contributed by atoms with Crippen molar-refractivity contribution in [2.75, 3.05) is 13.2 Å². The van der Waals surface area contributed by atoms with Gasteiger partial charge < -0.3 is 123 Å². The first kappa shape index (κ1) is 71.0. The number of aliphatic hydroxyl groups excluding tert-OH is 12. The summed E-state index contributed by atoms with van der Waals surface area (Å²) < 4.78 is 109. The molecule has 87 heavy (non-hydrogen) atoms. The molecule has 6 heterocycles. The largest absolute Gasteiger partial charge is 1.00 e. The minimum Gasteiger partial charge on any atom is -0.726 e. The number of hydrogen-bond donors (Lipinski definition) is 13. The number of ether oxygens (including phenoxy) is 11. The Morgan fingerprint density at radius 1 is 0.632 bits per heavy atom. The fraction of sp³-hybridized carbons (Fsp3) is 0.965. The maximum atomic E-state index is 12.5. The Labute approximate surface area is 528 Å². The number of allylic oxidation sites excluding steroid dienone is 2. The third-order valence-corrected chi connectivity index (χ3v) is 22.2. The maximum Gasteiger partial charge on any atom is 1.00 e. The van der Waals surface area contributed by atoms with Crippen molar-refractivity contribution in [2.24, 2.45) is 46.3 Å². The van der Waals surface area contributed by atoms with Crippen LogP contribution in [0.4, 0.5) is 0 Å². The Hall–Kier alpha value is -0.350. The molecule has 0 aromatic rings. The minimum atomic E-state index is -5.12. The summed E-state index contributed by atoms with van der Waals surface area (Å²) in [5.74, 6) is -0.112. The van der Waals surface area contributed by atoms with E-state index in [0.717, 1.165) is 12.8 Å². The van der Waals surface area contributed by atoms with E-state index in [4.69, 9.17) is 56.3 Å². The zero-order valence-electron chi connectivity index (χ0n) is 50.9. The van der Waals surface area contributed by atoms with E-state index in [-0.39, 0.29) is 83.7 Å². The third-order valence-electron chi connectivity index (χ3n) is 21.7. The summed E-state index contributed by atoms with van der Waals surface area (Å²) in [6.45, 7) is 15.3. The summed E-state index contributed by atoms with van der Waals surface area (Å²) in [7, 11) is -5.12. The summed E-state index contributed by atoms with van der Waals surface area (Å²) in [4.78, 5) is 0. The Morgan fingerprint density at radius 2 is 1.18 bits per heavy atom. The molecular formula is C57H93NaO28S. The van der Waals surface area contributed by atoms with Crippen LogP contribution in [0.1, 0.15) is 107 Å². The fourth-order valence-corrected chi connectivity index (χ4v) is 16.7. The van der Waals surface area contributed by atoms with Crippen molar-refractivity contribution in [1.29, 1.82) is 0 Å². The van der Waals surface area contributed by atoms with Gasteiger partial charge in [-0.3, -0.25) is 4.18 Å². The van der Waals surface area contributed by atoms with Crippen molar-refractivity contribution in [2.45, 2.75) is 285 Å². The van der Waals surface area contributed by atoms with Crippen LogP contribution < -0.4 is 29.6 Å². The normalized spacial score (nSPS) is 53.0. The molecule has 6 aliphatic heterocycles. The SMILES string of the molecule is CC(C)C(C)C1OC1C(C)(O)[C@H]1CCC2C3CC(O[C@@H]4OC(C)[C@@H](O)C(O[C@@H]5OC[C@@H](O[C@@H]6OC(CO)[C@H](O)C(O)C6O[C@@H]6OC(C)[C@@H](O)C(O)C6O)C(O)C5O[C@@H]5OC(C)[C@@H](O)C(O)C5O)C4O)C4CC(OS(=O)(=O)[O-])CC[C@]4(C)C3=CC[C@@]21C.[Na+]. The first-order valence-electron chi connectivity index (χ1n) is 30.5. The molecule has 496 valence electrons. The zero-order chi connectivity index (χ0) is 62.8. The Bertz CT molecular complexity index is 2470. The van der Waals surface area contributed by atoms with Gasteiger partial charge in [0.05, 0.1) is 55.4 Å². The summed E-state index contributed by atoms with van der Waals surface area (Å²) >= 11 is 0. The fourth-order valence-electron chi connectivity index (χ4n) is 16.2. The molecule has 36 atom stereocenters. The van der Waals surface area contributed by atoms with Crippen LogP contribution in [-0.4, -0.2) is 270 Å². The van der Waals surface area contributed by atoms with E-state index in [2.05, 4.69) is 40.7 Å². The van der Waals surface area contributed by atoms with Crippen LogP contribution in [0.15, 0.2) is 11.6 Å². The number of fused-ring (bicyclic) bond motifs is 5. The molecule has 9 fully saturated rings. The van der Waals surface area contributed by atoms with Gasteiger partial charge in [0, 0.05) is 0 Å². The van der Waals surface area contributed by atoms with E-state index in [1.165, 1.54) is 26.3 Å². The summed E-state index contributed by atoms with van der Waals surface area (Å²) in [6.07, 6.45) is -37.5.